The van der Waals surface area contributed by atoms with Crippen molar-refractivity contribution in [3.63, 3.8) is 0 Å². The molecule has 0 bridgehead atoms. The van der Waals surface area contributed by atoms with Crippen molar-refractivity contribution in [1.82, 2.24) is 4.90 Å². The van der Waals surface area contributed by atoms with Gasteiger partial charge in [0.15, 0.2) is 0 Å². The maximum Gasteiger partial charge on any atom is 0.246 e. The molecule has 1 fully saturated rings. The van der Waals surface area contributed by atoms with Crippen molar-refractivity contribution in [2.75, 3.05) is 12.4 Å². The molecule has 1 aromatic carbocycles. The lowest BCUT2D eigenvalue weighted by molar-refractivity contribution is -0.127. The van der Waals surface area contributed by atoms with Crippen LogP contribution in [0.15, 0.2) is 30.3 Å². The Morgan fingerprint density at radius 1 is 1.13 bits per heavy atom. The third kappa shape index (κ3) is 5.23. The topological polar surface area (TPSA) is 49.4 Å². The van der Waals surface area contributed by atoms with Gasteiger partial charge in [-0.1, -0.05) is 19.1 Å². The minimum absolute atomic E-state index is 0.0514. The molecule has 0 saturated heterocycles. The van der Waals surface area contributed by atoms with Crippen LogP contribution < -0.4 is 5.32 Å². The highest BCUT2D eigenvalue weighted by Gasteiger charge is 2.23. The van der Waals surface area contributed by atoms with E-state index in [0.717, 1.165) is 30.0 Å². The van der Waals surface area contributed by atoms with Crippen molar-refractivity contribution in [1.29, 1.82) is 0 Å². The van der Waals surface area contributed by atoms with E-state index in [-0.39, 0.29) is 11.8 Å². The summed E-state index contributed by atoms with van der Waals surface area (Å²) in [5.74, 6) is 0.745. The zero-order valence-electron chi connectivity index (χ0n) is 14.2. The molecule has 124 valence electrons. The smallest absolute Gasteiger partial charge is 0.246 e. The summed E-state index contributed by atoms with van der Waals surface area (Å²) in [6.45, 7) is 3.76. The van der Waals surface area contributed by atoms with Gasteiger partial charge in [0.25, 0.3) is 0 Å². The lowest BCUT2D eigenvalue weighted by Gasteiger charge is -2.33. The minimum atomic E-state index is -0.0908. The van der Waals surface area contributed by atoms with Crippen LogP contribution in [0.3, 0.4) is 0 Å². The number of anilines is 1. The molecule has 4 nitrogen and oxygen atoms in total. The Hall–Kier alpha value is -2.10. The van der Waals surface area contributed by atoms with E-state index in [0.29, 0.717) is 6.04 Å². The molecule has 0 aliphatic heterocycles. The molecule has 23 heavy (non-hydrogen) atoms. The number of nitrogens with zero attached hydrogens (tertiary/aromatic N) is 1. The Morgan fingerprint density at radius 3 is 2.30 bits per heavy atom. The largest absolute Gasteiger partial charge is 0.339 e. The van der Waals surface area contributed by atoms with E-state index >= 15 is 0 Å². The molecular formula is C19H26N2O2. The van der Waals surface area contributed by atoms with Crippen LogP contribution in [-0.4, -0.2) is 29.8 Å². The quantitative estimate of drug-likeness (QED) is 0.862. The first-order valence-electron chi connectivity index (χ1n) is 8.28. The summed E-state index contributed by atoms with van der Waals surface area (Å²) < 4.78 is 0. The first-order chi connectivity index (χ1) is 11.0. The van der Waals surface area contributed by atoms with Crippen molar-refractivity contribution in [2.24, 2.45) is 5.92 Å². The summed E-state index contributed by atoms with van der Waals surface area (Å²) in [6.07, 6.45) is 8.06. The summed E-state index contributed by atoms with van der Waals surface area (Å²) in [5, 5.41) is 2.72. The van der Waals surface area contributed by atoms with E-state index in [1.165, 1.54) is 19.8 Å². The second-order valence-corrected chi connectivity index (χ2v) is 6.50. The van der Waals surface area contributed by atoms with Gasteiger partial charge in [-0.2, -0.15) is 0 Å². The summed E-state index contributed by atoms with van der Waals surface area (Å²) in [6, 6.07) is 7.80. The number of nitrogens with one attached hydrogen (secondary N) is 1. The molecule has 4 heteroatoms. The van der Waals surface area contributed by atoms with Gasteiger partial charge in [-0.15, -0.1) is 0 Å². The Labute approximate surface area is 138 Å². The van der Waals surface area contributed by atoms with Gasteiger partial charge in [-0.25, -0.2) is 0 Å². The molecule has 0 spiro atoms. The van der Waals surface area contributed by atoms with Crippen LogP contribution in [0.4, 0.5) is 5.69 Å². The van der Waals surface area contributed by atoms with Gasteiger partial charge >= 0.3 is 0 Å². The summed E-state index contributed by atoms with van der Waals surface area (Å²) in [7, 11) is 1.90. The molecule has 1 aromatic rings. The molecule has 1 aliphatic rings. The summed E-state index contributed by atoms with van der Waals surface area (Å²) >= 11 is 0. The fraction of sp³-hybridized carbons (Fsp3) is 0.474. The molecular weight excluding hydrogens is 288 g/mol. The number of likely N-dealkylation sites (N-methyl/N-ethyl adjacent to an activating group) is 1. The molecule has 1 saturated carbocycles. The van der Waals surface area contributed by atoms with Crippen molar-refractivity contribution < 1.29 is 9.59 Å². The minimum Gasteiger partial charge on any atom is -0.339 e. The van der Waals surface area contributed by atoms with Gasteiger partial charge in [0.2, 0.25) is 11.8 Å². The van der Waals surface area contributed by atoms with Crippen LogP contribution in [0.1, 0.15) is 45.1 Å². The molecule has 0 heterocycles. The van der Waals surface area contributed by atoms with E-state index in [2.05, 4.69) is 12.2 Å². The highest BCUT2D eigenvalue weighted by atomic mass is 16.2. The van der Waals surface area contributed by atoms with E-state index in [1.807, 2.05) is 42.3 Å². The van der Waals surface area contributed by atoms with Crippen molar-refractivity contribution in [2.45, 2.75) is 45.6 Å². The molecule has 0 aromatic heterocycles. The van der Waals surface area contributed by atoms with Crippen LogP contribution in [-0.2, 0) is 9.59 Å². The number of hydrogen-bond acceptors (Lipinski definition) is 2. The second-order valence-electron chi connectivity index (χ2n) is 6.50. The fourth-order valence-corrected chi connectivity index (χ4v) is 2.98. The van der Waals surface area contributed by atoms with Gasteiger partial charge in [0.1, 0.15) is 0 Å². The maximum absolute atomic E-state index is 12.3. The Kier molecular flexibility index (Phi) is 5.97. The van der Waals surface area contributed by atoms with Gasteiger partial charge in [0, 0.05) is 31.8 Å². The van der Waals surface area contributed by atoms with E-state index in [1.54, 1.807) is 6.08 Å². The van der Waals surface area contributed by atoms with E-state index in [9.17, 15) is 9.59 Å². The fourth-order valence-electron chi connectivity index (χ4n) is 2.98. The zero-order chi connectivity index (χ0) is 16.8. The Bertz CT molecular complexity index is 570. The predicted molar refractivity (Wildman–Crippen MR) is 94.0 cm³/mol. The molecule has 2 amide bonds. The normalized spacial score (nSPS) is 21.2. The highest BCUT2D eigenvalue weighted by molar-refractivity contribution is 5.92. The number of carbonyl (C=O) groups is 2. The summed E-state index contributed by atoms with van der Waals surface area (Å²) in [5.41, 5.74) is 1.70. The average Bonchev–Trinajstić information content (AvgIpc) is 2.53. The van der Waals surface area contributed by atoms with Crippen LogP contribution in [0, 0.1) is 5.92 Å². The first kappa shape index (κ1) is 17.3. The lowest BCUT2D eigenvalue weighted by Crippen LogP contribution is -2.38. The van der Waals surface area contributed by atoms with Crippen LogP contribution in [0.2, 0.25) is 0 Å². The van der Waals surface area contributed by atoms with Crippen molar-refractivity contribution in [3.8, 4) is 0 Å². The number of rotatable bonds is 4. The van der Waals surface area contributed by atoms with Gasteiger partial charge in [0.05, 0.1) is 0 Å². The summed E-state index contributed by atoms with van der Waals surface area (Å²) in [4.78, 5) is 25.1. The monoisotopic (exact) mass is 314 g/mol. The van der Waals surface area contributed by atoms with Crippen molar-refractivity contribution in [3.05, 3.63) is 35.9 Å². The van der Waals surface area contributed by atoms with E-state index in [4.69, 9.17) is 0 Å². The molecule has 0 radical (unpaired) electrons. The number of benzene rings is 1. The third-order valence-electron chi connectivity index (χ3n) is 4.53. The van der Waals surface area contributed by atoms with Crippen molar-refractivity contribution >= 4 is 23.6 Å². The van der Waals surface area contributed by atoms with Crippen LogP contribution >= 0.6 is 0 Å². The molecule has 2 rings (SSSR count). The lowest BCUT2D eigenvalue weighted by atomic mass is 9.87. The first-order valence-corrected chi connectivity index (χ1v) is 8.28. The van der Waals surface area contributed by atoms with Crippen LogP contribution in [0.25, 0.3) is 6.08 Å². The maximum atomic E-state index is 12.3. The SMILES string of the molecule is CC(=O)Nc1ccc(/C=C/C(=O)N(C)C2CCC(C)CC2)cc1. The van der Waals surface area contributed by atoms with Gasteiger partial charge in [-0.05, 0) is 55.4 Å². The average molecular weight is 314 g/mol. The number of hydrogen-bond donors (Lipinski definition) is 1. The highest BCUT2D eigenvalue weighted by Crippen LogP contribution is 2.26. The van der Waals surface area contributed by atoms with E-state index < -0.39 is 0 Å². The van der Waals surface area contributed by atoms with Gasteiger partial charge < -0.3 is 10.2 Å². The van der Waals surface area contributed by atoms with Gasteiger partial charge in [-0.3, -0.25) is 9.59 Å². The molecule has 1 aliphatic carbocycles. The Balaban J connectivity index is 1.91. The number of carbonyl (C=O) groups excluding carboxylic acids is 2. The predicted octanol–water partition coefficient (Wildman–Crippen LogP) is 3.70. The third-order valence-corrected chi connectivity index (χ3v) is 4.53. The Morgan fingerprint density at radius 2 is 1.74 bits per heavy atom. The van der Waals surface area contributed by atoms with Crippen LogP contribution in [0.5, 0.6) is 0 Å². The standard InChI is InChI=1S/C19H26N2O2/c1-14-4-11-18(12-5-14)21(3)19(23)13-8-16-6-9-17(10-7-16)20-15(2)22/h6-10,13-14,18H,4-5,11-12H2,1-3H3,(H,20,22)/b13-8+. The number of amides is 2. The second kappa shape index (κ2) is 7.95. The molecule has 1 N–H and O–H groups in total. The zero-order valence-corrected chi connectivity index (χ0v) is 14.2. The molecule has 0 atom stereocenters. The molecule has 0 unspecified atom stereocenters.